The molecule has 0 spiro atoms. The van der Waals surface area contributed by atoms with E-state index < -0.39 is 0 Å². The van der Waals surface area contributed by atoms with Gasteiger partial charge in [-0.1, -0.05) is 13.0 Å². The summed E-state index contributed by atoms with van der Waals surface area (Å²) in [6.07, 6.45) is 2.30. The second kappa shape index (κ2) is 7.50. The van der Waals surface area contributed by atoms with Crippen LogP contribution in [0.5, 0.6) is 11.5 Å². The summed E-state index contributed by atoms with van der Waals surface area (Å²) in [5, 5.41) is 13.2. The molecule has 1 aliphatic rings. The highest BCUT2D eigenvalue weighted by molar-refractivity contribution is 5.43. The van der Waals surface area contributed by atoms with Crippen molar-refractivity contribution < 1.29 is 14.6 Å². The average molecular weight is 279 g/mol. The third-order valence-electron chi connectivity index (χ3n) is 3.58. The summed E-state index contributed by atoms with van der Waals surface area (Å²) in [6.45, 7) is 6.42. The van der Waals surface area contributed by atoms with Crippen LogP contribution in [-0.4, -0.2) is 30.5 Å². The average Bonchev–Trinajstić information content (AvgIpc) is 2.85. The van der Waals surface area contributed by atoms with Crippen molar-refractivity contribution in [2.24, 2.45) is 0 Å². The first-order valence-electron chi connectivity index (χ1n) is 7.55. The molecule has 0 aromatic heterocycles. The van der Waals surface area contributed by atoms with Gasteiger partial charge in [0.2, 0.25) is 0 Å². The van der Waals surface area contributed by atoms with Gasteiger partial charge in [-0.05, 0) is 50.4 Å². The molecular weight excluding hydrogens is 254 g/mol. The maximum absolute atomic E-state index is 9.87. The molecule has 0 aliphatic heterocycles. The fourth-order valence-corrected chi connectivity index (χ4v) is 2.50. The highest BCUT2D eigenvalue weighted by Gasteiger charge is 2.27. The van der Waals surface area contributed by atoms with Crippen LogP contribution < -0.4 is 14.8 Å². The molecule has 1 fully saturated rings. The third-order valence-corrected chi connectivity index (χ3v) is 3.58. The first-order chi connectivity index (χ1) is 9.74. The SMILES string of the molecule is CCNCc1ccc(OC2CCCC2O)c(OCC)c1. The van der Waals surface area contributed by atoms with Crippen LogP contribution in [0.25, 0.3) is 0 Å². The minimum absolute atomic E-state index is 0.103. The van der Waals surface area contributed by atoms with Crippen LogP contribution in [0.15, 0.2) is 18.2 Å². The van der Waals surface area contributed by atoms with Gasteiger partial charge in [0.1, 0.15) is 6.10 Å². The summed E-state index contributed by atoms with van der Waals surface area (Å²) in [5.41, 5.74) is 1.18. The molecule has 1 saturated carbocycles. The van der Waals surface area contributed by atoms with Crippen molar-refractivity contribution in [3.63, 3.8) is 0 Å². The largest absolute Gasteiger partial charge is 0.490 e. The lowest BCUT2D eigenvalue weighted by Gasteiger charge is -2.20. The molecule has 0 amide bonds. The van der Waals surface area contributed by atoms with Crippen molar-refractivity contribution in [2.45, 2.75) is 51.9 Å². The van der Waals surface area contributed by atoms with E-state index in [9.17, 15) is 5.11 Å². The summed E-state index contributed by atoms with van der Waals surface area (Å²) in [5.74, 6) is 1.50. The predicted molar refractivity (Wildman–Crippen MR) is 79.3 cm³/mol. The van der Waals surface area contributed by atoms with Crippen molar-refractivity contribution >= 4 is 0 Å². The zero-order valence-corrected chi connectivity index (χ0v) is 12.4. The Hall–Kier alpha value is -1.26. The van der Waals surface area contributed by atoms with E-state index in [-0.39, 0.29) is 12.2 Å². The Balaban J connectivity index is 2.09. The maximum atomic E-state index is 9.87. The van der Waals surface area contributed by atoms with E-state index in [0.29, 0.717) is 6.61 Å². The standard InChI is InChI=1S/C16H25NO3/c1-3-17-11-12-8-9-15(16(10-12)19-4-2)20-14-7-5-6-13(14)18/h8-10,13-14,17-18H,3-7,11H2,1-2H3. The zero-order valence-electron chi connectivity index (χ0n) is 12.4. The summed E-state index contributed by atoms with van der Waals surface area (Å²) < 4.78 is 11.6. The van der Waals surface area contributed by atoms with E-state index in [4.69, 9.17) is 9.47 Å². The van der Waals surface area contributed by atoms with Gasteiger partial charge in [-0.25, -0.2) is 0 Å². The molecule has 2 atom stereocenters. The molecule has 2 rings (SSSR count). The van der Waals surface area contributed by atoms with Crippen LogP contribution in [0, 0.1) is 0 Å². The summed E-state index contributed by atoms with van der Waals surface area (Å²) in [7, 11) is 0. The Morgan fingerprint density at radius 3 is 2.75 bits per heavy atom. The van der Waals surface area contributed by atoms with E-state index in [1.807, 2.05) is 25.1 Å². The van der Waals surface area contributed by atoms with Crippen molar-refractivity contribution in [3.05, 3.63) is 23.8 Å². The monoisotopic (exact) mass is 279 g/mol. The second-order valence-corrected chi connectivity index (χ2v) is 5.15. The first-order valence-corrected chi connectivity index (χ1v) is 7.55. The van der Waals surface area contributed by atoms with Gasteiger partial charge < -0.3 is 19.9 Å². The van der Waals surface area contributed by atoms with Crippen molar-refractivity contribution in [1.82, 2.24) is 5.32 Å². The summed E-state index contributed by atoms with van der Waals surface area (Å²) in [6, 6.07) is 6.01. The van der Waals surface area contributed by atoms with Gasteiger partial charge in [-0.15, -0.1) is 0 Å². The molecule has 20 heavy (non-hydrogen) atoms. The van der Waals surface area contributed by atoms with Gasteiger partial charge >= 0.3 is 0 Å². The fraction of sp³-hybridized carbons (Fsp3) is 0.625. The zero-order chi connectivity index (χ0) is 14.4. The molecule has 112 valence electrons. The van der Waals surface area contributed by atoms with E-state index in [0.717, 1.165) is 43.9 Å². The van der Waals surface area contributed by atoms with Gasteiger partial charge in [0.25, 0.3) is 0 Å². The number of rotatable bonds is 7. The fourth-order valence-electron chi connectivity index (χ4n) is 2.50. The Kier molecular flexibility index (Phi) is 5.68. The summed E-state index contributed by atoms with van der Waals surface area (Å²) in [4.78, 5) is 0. The number of nitrogens with one attached hydrogen (secondary N) is 1. The lowest BCUT2D eigenvalue weighted by Crippen LogP contribution is -2.25. The molecule has 4 nitrogen and oxygen atoms in total. The highest BCUT2D eigenvalue weighted by Crippen LogP contribution is 2.32. The van der Waals surface area contributed by atoms with E-state index in [2.05, 4.69) is 12.2 Å². The third kappa shape index (κ3) is 3.87. The Bertz CT molecular complexity index is 422. The molecule has 2 N–H and O–H groups in total. The van der Waals surface area contributed by atoms with Gasteiger partial charge in [0.05, 0.1) is 12.7 Å². The molecule has 2 unspecified atom stereocenters. The van der Waals surface area contributed by atoms with Crippen LogP contribution in [0.2, 0.25) is 0 Å². The van der Waals surface area contributed by atoms with Gasteiger partial charge in [0, 0.05) is 6.54 Å². The molecule has 0 bridgehead atoms. The van der Waals surface area contributed by atoms with Gasteiger partial charge in [0.15, 0.2) is 11.5 Å². The summed E-state index contributed by atoms with van der Waals surface area (Å²) >= 11 is 0. The van der Waals surface area contributed by atoms with Gasteiger partial charge in [-0.3, -0.25) is 0 Å². The minimum Gasteiger partial charge on any atom is -0.490 e. The lowest BCUT2D eigenvalue weighted by molar-refractivity contribution is 0.0582. The van der Waals surface area contributed by atoms with E-state index >= 15 is 0 Å². The van der Waals surface area contributed by atoms with Crippen molar-refractivity contribution in [3.8, 4) is 11.5 Å². The molecule has 4 heteroatoms. The predicted octanol–water partition coefficient (Wildman–Crippen LogP) is 2.49. The van der Waals surface area contributed by atoms with Crippen molar-refractivity contribution in [2.75, 3.05) is 13.2 Å². The number of ether oxygens (including phenoxy) is 2. The van der Waals surface area contributed by atoms with Crippen LogP contribution in [0.4, 0.5) is 0 Å². The number of benzene rings is 1. The number of aliphatic hydroxyl groups is 1. The van der Waals surface area contributed by atoms with Crippen molar-refractivity contribution in [1.29, 1.82) is 0 Å². The van der Waals surface area contributed by atoms with E-state index in [1.165, 1.54) is 5.56 Å². The second-order valence-electron chi connectivity index (χ2n) is 5.15. The quantitative estimate of drug-likeness (QED) is 0.805. The number of hydrogen-bond donors (Lipinski definition) is 2. The molecule has 1 aromatic carbocycles. The molecule has 0 radical (unpaired) electrons. The van der Waals surface area contributed by atoms with E-state index in [1.54, 1.807) is 0 Å². The molecule has 1 aromatic rings. The Morgan fingerprint density at radius 2 is 2.10 bits per heavy atom. The highest BCUT2D eigenvalue weighted by atomic mass is 16.5. The molecular formula is C16H25NO3. The topological polar surface area (TPSA) is 50.7 Å². The Labute approximate surface area is 121 Å². The van der Waals surface area contributed by atoms with Crippen LogP contribution in [0.1, 0.15) is 38.7 Å². The molecule has 0 heterocycles. The Morgan fingerprint density at radius 1 is 1.25 bits per heavy atom. The molecule has 1 aliphatic carbocycles. The maximum Gasteiger partial charge on any atom is 0.161 e. The van der Waals surface area contributed by atoms with Crippen LogP contribution in [-0.2, 0) is 6.54 Å². The van der Waals surface area contributed by atoms with Gasteiger partial charge in [-0.2, -0.15) is 0 Å². The van der Waals surface area contributed by atoms with Crippen LogP contribution in [0.3, 0.4) is 0 Å². The number of aliphatic hydroxyl groups excluding tert-OH is 1. The first kappa shape index (κ1) is 15.1. The molecule has 0 saturated heterocycles. The normalized spacial score (nSPS) is 21.9. The lowest BCUT2D eigenvalue weighted by atomic mass is 10.2. The van der Waals surface area contributed by atoms with Crippen LogP contribution >= 0.6 is 0 Å². The minimum atomic E-state index is -0.356. The smallest absolute Gasteiger partial charge is 0.161 e. The number of hydrogen-bond acceptors (Lipinski definition) is 4.